The van der Waals surface area contributed by atoms with Gasteiger partial charge in [-0.3, -0.25) is 18.7 Å². The van der Waals surface area contributed by atoms with Gasteiger partial charge in [-0.15, -0.1) is 11.3 Å². The molecule has 4 rings (SSSR count). The van der Waals surface area contributed by atoms with Crippen LogP contribution in [0.3, 0.4) is 0 Å². The number of hydrogen-bond donors (Lipinski definition) is 0. The van der Waals surface area contributed by atoms with Gasteiger partial charge >= 0.3 is 5.69 Å². The third-order valence-corrected chi connectivity index (χ3v) is 6.80. The minimum atomic E-state index is -0.384. The van der Waals surface area contributed by atoms with Crippen LogP contribution < -0.4 is 16.1 Å². The molecule has 0 atom stereocenters. The first-order chi connectivity index (χ1) is 13.8. The molecule has 0 spiro atoms. The number of hydrogen-bond acceptors (Lipinski definition) is 5. The van der Waals surface area contributed by atoms with Crippen molar-refractivity contribution in [1.82, 2.24) is 14.0 Å². The van der Waals surface area contributed by atoms with Crippen LogP contribution in [-0.2, 0) is 14.1 Å². The number of aryl methyl sites for hydroxylation is 3. The Hall–Kier alpha value is -2.87. The van der Waals surface area contributed by atoms with Crippen LogP contribution >= 0.6 is 11.3 Å². The van der Waals surface area contributed by atoms with Crippen molar-refractivity contribution in [3.63, 3.8) is 0 Å². The first-order valence-electron chi connectivity index (χ1n) is 9.59. The zero-order valence-corrected chi connectivity index (χ0v) is 17.9. The van der Waals surface area contributed by atoms with Gasteiger partial charge in [0.15, 0.2) is 0 Å². The number of fused-ring (bicyclic) bond motifs is 1. The maximum absolute atomic E-state index is 13.0. The number of carbonyl (C=O) groups is 1. The van der Waals surface area contributed by atoms with Gasteiger partial charge in [-0.25, -0.2) is 4.79 Å². The highest BCUT2D eigenvalue weighted by molar-refractivity contribution is 7.20. The van der Waals surface area contributed by atoms with Crippen molar-refractivity contribution >= 4 is 33.1 Å². The molecule has 0 unspecified atom stereocenters. The topological polar surface area (TPSA) is 67.6 Å². The molecule has 3 aromatic rings. The maximum Gasteiger partial charge on any atom is 0.331 e. The number of carbonyl (C=O) groups excluding carboxylic acids is 1. The molecule has 2 aromatic heterocycles. The zero-order valence-electron chi connectivity index (χ0n) is 17.1. The maximum atomic E-state index is 13.0. The Labute approximate surface area is 172 Å². The van der Waals surface area contributed by atoms with E-state index in [0.717, 1.165) is 17.7 Å². The first-order valence-corrected chi connectivity index (χ1v) is 10.4. The van der Waals surface area contributed by atoms with E-state index in [9.17, 15) is 14.4 Å². The summed E-state index contributed by atoms with van der Waals surface area (Å²) < 4.78 is 2.50. The van der Waals surface area contributed by atoms with Crippen molar-refractivity contribution < 1.29 is 4.79 Å². The van der Waals surface area contributed by atoms with Gasteiger partial charge in [-0.05, 0) is 31.5 Å². The van der Waals surface area contributed by atoms with Crippen molar-refractivity contribution in [2.24, 2.45) is 14.1 Å². The van der Waals surface area contributed by atoms with E-state index in [2.05, 4.69) is 36.9 Å². The lowest BCUT2D eigenvalue weighted by Crippen LogP contribution is -2.48. The Morgan fingerprint density at radius 2 is 1.66 bits per heavy atom. The van der Waals surface area contributed by atoms with Gasteiger partial charge in [0, 0.05) is 46.0 Å². The third-order valence-electron chi connectivity index (χ3n) is 5.60. The van der Waals surface area contributed by atoms with E-state index in [0.29, 0.717) is 28.2 Å². The minimum absolute atomic E-state index is 0.0824. The lowest BCUT2D eigenvalue weighted by molar-refractivity contribution is 0.0751. The van der Waals surface area contributed by atoms with Crippen molar-refractivity contribution in [2.45, 2.75) is 13.8 Å². The normalized spacial score (nSPS) is 14.6. The Morgan fingerprint density at radius 1 is 0.966 bits per heavy atom. The van der Waals surface area contributed by atoms with Crippen LogP contribution in [0.2, 0.25) is 0 Å². The summed E-state index contributed by atoms with van der Waals surface area (Å²) in [6.45, 7) is 6.97. The molecule has 0 N–H and O–H groups in total. The highest BCUT2D eigenvalue weighted by Gasteiger charge is 2.25. The second-order valence-corrected chi connectivity index (χ2v) is 8.64. The van der Waals surface area contributed by atoms with Gasteiger partial charge in [0.25, 0.3) is 11.5 Å². The molecule has 0 bridgehead atoms. The molecular formula is C21H24N4O3S. The van der Waals surface area contributed by atoms with Gasteiger partial charge in [0.2, 0.25) is 0 Å². The van der Waals surface area contributed by atoms with E-state index in [1.807, 2.05) is 4.90 Å². The molecule has 152 valence electrons. The molecule has 0 saturated carbocycles. The van der Waals surface area contributed by atoms with Crippen LogP contribution in [0.4, 0.5) is 5.69 Å². The lowest BCUT2D eigenvalue weighted by atomic mass is 10.1. The first kappa shape index (κ1) is 19.4. The van der Waals surface area contributed by atoms with Gasteiger partial charge in [0.05, 0.1) is 10.3 Å². The second-order valence-electron chi connectivity index (χ2n) is 7.60. The lowest BCUT2D eigenvalue weighted by Gasteiger charge is -2.36. The molecule has 0 radical (unpaired) electrons. The molecular weight excluding hydrogens is 388 g/mol. The fraction of sp³-hybridized carbons (Fsp3) is 0.381. The molecule has 7 nitrogen and oxygen atoms in total. The fourth-order valence-electron chi connectivity index (χ4n) is 3.94. The zero-order chi connectivity index (χ0) is 20.9. The molecule has 29 heavy (non-hydrogen) atoms. The van der Waals surface area contributed by atoms with Gasteiger partial charge < -0.3 is 9.80 Å². The van der Waals surface area contributed by atoms with E-state index in [1.54, 1.807) is 13.1 Å². The molecule has 1 aliphatic heterocycles. The molecule has 1 amide bonds. The minimum Gasteiger partial charge on any atom is -0.368 e. The monoisotopic (exact) mass is 412 g/mol. The second kappa shape index (κ2) is 7.18. The summed E-state index contributed by atoms with van der Waals surface area (Å²) in [7, 11) is 3.08. The van der Waals surface area contributed by atoms with E-state index in [1.165, 1.54) is 39.8 Å². The van der Waals surface area contributed by atoms with Crippen LogP contribution in [0.15, 0.2) is 33.9 Å². The summed E-state index contributed by atoms with van der Waals surface area (Å²) in [5.74, 6) is -0.0824. The van der Waals surface area contributed by atoms with Crippen LogP contribution in [0.5, 0.6) is 0 Å². The van der Waals surface area contributed by atoms with E-state index in [-0.39, 0.29) is 17.2 Å². The Morgan fingerprint density at radius 3 is 2.31 bits per heavy atom. The molecule has 3 heterocycles. The smallest absolute Gasteiger partial charge is 0.331 e. The summed E-state index contributed by atoms with van der Waals surface area (Å²) in [6.07, 6.45) is 0. The SMILES string of the molecule is Cc1ccc(N2CCN(C(=O)c3cc4c(=O)n(C)c(=O)n(C)c4s3)CC2)c(C)c1. The number of thiophene rings is 1. The number of anilines is 1. The van der Waals surface area contributed by atoms with Gasteiger partial charge in [-0.1, -0.05) is 17.7 Å². The number of piperazine rings is 1. The fourth-order valence-corrected chi connectivity index (χ4v) is 5.01. The largest absolute Gasteiger partial charge is 0.368 e. The van der Waals surface area contributed by atoms with E-state index in [4.69, 9.17) is 0 Å². The van der Waals surface area contributed by atoms with Crippen molar-refractivity contribution in [3.05, 3.63) is 61.1 Å². The van der Waals surface area contributed by atoms with E-state index < -0.39 is 0 Å². The Kier molecular flexibility index (Phi) is 4.82. The number of rotatable bonds is 2. The molecule has 8 heteroatoms. The molecule has 1 fully saturated rings. The standard InChI is InChI=1S/C21H24N4O3S/c1-13-5-6-16(14(2)11-13)24-7-9-25(10-8-24)19(27)17-12-15-18(26)22(3)21(28)23(4)20(15)29-17/h5-6,11-12H,7-10H2,1-4H3. The number of aromatic nitrogens is 2. The molecule has 0 aliphatic carbocycles. The number of nitrogens with zero attached hydrogens (tertiary/aromatic N) is 4. The third kappa shape index (κ3) is 3.27. The van der Waals surface area contributed by atoms with Crippen LogP contribution in [0.1, 0.15) is 20.8 Å². The van der Waals surface area contributed by atoms with Crippen molar-refractivity contribution in [3.8, 4) is 0 Å². The van der Waals surface area contributed by atoms with E-state index >= 15 is 0 Å². The van der Waals surface area contributed by atoms with Crippen molar-refractivity contribution in [2.75, 3.05) is 31.1 Å². The predicted octanol–water partition coefficient (Wildman–Crippen LogP) is 1.88. The van der Waals surface area contributed by atoms with Gasteiger partial charge in [0.1, 0.15) is 4.83 Å². The Bertz CT molecular complexity index is 1230. The van der Waals surface area contributed by atoms with Gasteiger partial charge in [-0.2, -0.15) is 0 Å². The van der Waals surface area contributed by atoms with Crippen LogP contribution in [-0.4, -0.2) is 46.1 Å². The summed E-state index contributed by atoms with van der Waals surface area (Å²) >= 11 is 1.21. The summed E-state index contributed by atoms with van der Waals surface area (Å²) in [4.78, 5) is 42.7. The quantitative estimate of drug-likeness (QED) is 0.645. The summed E-state index contributed by atoms with van der Waals surface area (Å²) in [5, 5.41) is 0.414. The predicted molar refractivity (Wildman–Crippen MR) is 116 cm³/mol. The summed E-state index contributed by atoms with van der Waals surface area (Å²) in [6, 6.07) is 8.06. The highest BCUT2D eigenvalue weighted by Crippen LogP contribution is 2.25. The summed E-state index contributed by atoms with van der Waals surface area (Å²) in [5.41, 5.74) is 2.95. The molecule has 1 aromatic carbocycles. The van der Waals surface area contributed by atoms with Crippen molar-refractivity contribution in [1.29, 1.82) is 0 Å². The van der Waals surface area contributed by atoms with Crippen LogP contribution in [0.25, 0.3) is 10.2 Å². The van der Waals surface area contributed by atoms with Crippen LogP contribution in [0, 0.1) is 13.8 Å². The molecule has 1 aliphatic rings. The Balaban J connectivity index is 1.56. The number of benzene rings is 1. The average Bonchev–Trinajstić information content (AvgIpc) is 3.16. The average molecular weight is 413 g/mol. The highest BCUT2D eigenvalue weighted by atomic mass is 32.1. The molecule has 1 saturated heterocycles. The number of amides is 1.